The second-order valence-corrected chi connectivity index (χ2v) is 12.6. The lowest BCUT2D eigenvalue weighted by molar-refractivity contribution is 0.0684. The molecule has 3 aliphatic carbocycles. The van der Waals surface area contributed by atoms with Gasteiger partial charge in [0.25, 0.3) is 0 Å². The van der Waals surface area contributed by atoms with Crippen molar-refractivity contribution in [3.63, 3.8) is 0 Å². The molecular weight excluding hydrogens is 486 g/mol. The molecule has 208 valence electrons. The van der Waals surface area contributed by atoms with Gasteiger partial charge in [-0.15, -0.1) is 0 Å². The summed E-state index contributed by atoms with van der Waals surface area (Å²) in [6, 6.07) is 11.1. The molecule has 3 atom stereocenters. The topological polar surface area (TPSA) is 92.9 Å². The molecule has 0 saturated heterocycles. The van der Waals surface area contributed by atoms with Gasteiger partial charge in [0.15, 0.2) is 11.5 Å². The molecule has 7 nitrogen and oxygen atoms in total. The lowest BCUT2D eigenvalue weighted by Gasteiger charge is -2.34. The third-order valence-corrected chi connectivity index (χ3v) is 9.95. The fourth-order valence-electron chi connectivity index (χ4n) is 7.30. The average Bonchev–Trinajstić information content (AvgIpc) is 3.27. The summed E-state index contributed by atoms with van der Waals surface area (Å²) in [5.41, 5.74) is 2.81. The Morgan fingerprint density at radius 3 is 2.33 bits per heavy atom. The standard InChI is InChI=1S/C32H43N5O2/c1-20-15-17-22(18-16-20)19-37-27-28(33-21(2)23-11-8-12-23)34-30(32(38)39)35-29(27)36-31(37)26-14-7-6-13-25(26)24-9-4-3-5-10-24/h3-5,9-10,20-23,25-26H,6-8,11-19H2,1-2H3,(H,38,39)(H,33,34,35)/t20-,21-,22-,25?,26?/m1/s1. The largest absolute Gasteiger partial charge is 0.475 e. The Bertz CT molecular complexity index is 1290. The van der Waals surface area contributed by atoms with E-state index in [1.807, 2.05) is 0 Å². The first-order valence-corrected chi connectivity index (χ1v) is 15.3. The molecule has 0 amide bonds. The predicted molar refractivity (Wildman–Crippen MR) is 154 cm³/mol. The van der Waals surface area contributed by atoms with E-state index in [-0.39, 0.29) is 17.8 Å². The van der Waals surface area contributed by atoms with Crippen LogP contribution in [-0.2, 0) is 6.54 Å². The first kappa shape index (κ1) is 26.3. The van der Waals surface area contributed by atoms with E-state index in [0.717, 1.165) is 36.6 Å². The van der Waals surface area contributed by atoms with E-state index in [1.165, 1.54) is 63.4 Å². The number of rotatable bonds is 8. The molecular formula is C32H43N5O2. The Kier molecular flexibility index (Phi) is 7.59. The summed E-state index contributed by atoms with van der Waals surface area (Å²) >= 11 is 0. The number of hydrogen-bond donors (Lipinski definition) is 2. The summed E-state index contributed by atoms with van der Waals surface area (Å²) in [4.78, 5) is 26.4. The minimum Gasteiger partial charge on any atom is -0.475 e. The van der Waals surface area contributed by atoms with Crippen molar-refractivity contribution >= 4 is 23.0 Å². The second kappa shape index (κ2) is 11.3. The van der Waals surface area contributed by atoms with Crippen LogP contribution in [0.25, 0.3) is 11.2 Å². The van der Waals surface area contributed by atoms with Gasteiger partial charge in [0.2, 0.25) is 5.82 Å². The molecule has 6 rings (SSSR count). The lowest BCUT2D eigenvalue weighted by Crippen LogP contribution is -2.31. The van der Waals surface area contributed by atoms with E-state index >= 15 is 0 Å². The van der Waals surface area contributed by atoms with E-state index < -0.39 is 5.97 Å². The van der Waals surface area contributed by atoms with Crippen LogP contribution in [0.2, 0.25) is 0 Å². The van der Waals surface area contributed by atoms with Crippen LogP contribution in [0.5, 0.6) is 0 Å². The third-order valence-electron chi connectivity index (χ3n) is 9.95. The maximum Gasteiger partial charge on any atom is 0.374 e. The number of fused-ring (bicyclic) bond motifs is 1. The van der Waals surface area contributed by atoms with E-state index in [0.29, 0.717) is 29.2 Å². The smallest absolute Gasteiger partial charge is 0.374 e. The molecule has 3 aromatic rings. The summed E-state index contributed by atoms with van der Waals surface area (Å²) in [5, 5.41) is 13.5. The van der Waals surface area contributed by atoms with Crippen LogP contribution in [0.3, 0.4) is 0 Å². The van der Waals surface area contributed by atoms with Crippen LogP contribution in [0.4, 0.5) is 5.82 Å². The molecule has 2 unspecified atom stereocenters. The first-order valence-electron chi connectivity index (χ1n) is 15.3. The quantitative estimate of drug-likeness (QED) is 0.316. The maximum absolute atomic E-state index is 12.1. The number of hydrogen-bond acceptors (Lipinski definition) is 5. The highest BCUT2D eigenvalue weighted by molar-refractivity contribution is 5.90. The monoisotopic (exact) mass is 529 g/mol. The minimum atomic E-state index is -1.10. The molecule has 0 aliphatic heterocycles. The van der Waals surface area contributed by atoms with E-state index in [2.05, 4.69) is 64.0 Å². The van der Waals surface area contributed by atoms with Gasteiger partial charge in [-0.3, -0.25) is 0 Å². The van der Waals surface area contributed by atoms with Crippen LogP contribution in [-0.4, -0.2) is 36.6 Å². The molecule has 2 heterocycles. The molecule has 2 aromatic heterocycles. The maximum atomic E-state index is 12.1. The van der Waals surface area contributed by atoms with Crippen molar-refractivity contribution in [1.82, 2.24) is 19.5 Å². The zero-order valence-corrected chi connectivity index (χ0v) is 23.5. The summed E-state index contributed by atoms with van der Waals surface area (Å²) in [6.45, 7) is 5.47. The van der Waals surface area contributed by atoms with Crippen molar-refractivity contribution in [3.8, 4) is 0 Å². The molecule has 3 aliphatic rings. The Labute approximate surface area is 231 Å². The van der Waals surface area contributed by atoms with Crippen molar-refractivity contribution < 1.29 is 9.90 Å². The second-order valence-electron chi connectivity index (χ2n) is 12.6. The first-order chi connectivity index (χ1) is 19.0. The summed E-state index contributed by atoms with van der Waals surface area (Å²) < 4.78 is 2.42. The van der Waals surface area contributed by atoms with Crippen molar-refractivity contribution in [2.24, 2.45) is 17.8 Å². The van der Waals surface area contributed by atoms with Gasteiger partial charge in [0.1, 0.15) is 11.3 Å². The molecule has 3 fully saturated rings. The number of carboxylic acid groups (broad SMARTS) is 1. The number of carboxylic acids is 1. The highest BCUT2D eigenvalue weighted by atomic mass is 16.4. The number of imidazole rings is 1. The van der Waals surface area contributed by atoms with Crippen LogP contribution >= 0.6 is 0 Å². The van der Waals surface area contributed by atoms with E-state index in [4.69, 9.17) is 4.98 Å². The SMILES string of the molecule is C[C@@H](Nc1nc(C(=O)O)nc2nc(C3CCCCC3c3ccccc3)n(C[C@H]3CC[C@H](C)CC3)c12)C1CCC1. The molecule has 1 aromatic carbocycles. The fraction of sp³-hybridized carbons (Fsp3) is 0.625. The zero-order chi connectivity index (χ0) is 26.9. The molecule has 0 spiro atoms. The van der Waals surface area contributed by atoms with E-state index in [9.17, 15) is 9.90 Å². The van der Waals surface area contributed by atoms with Crippen molar-refractivity contribution in [2.75, 3.05) is 5.32 Å². The summed E-state index contributed by atoms with van der Waals surface area (Å²) in [5.74, 6) is 3.11. The number of aromatic carboxylic acids is 1. The number of benzene rings is 1. The van der Waals surface area contributed by atoms with Gasteiger partial charge in [-0.05, 0) is 74.7 Å². The molecule has 7 heteroatoms. The summed E-state index contributed by atoms with van der Waals surface area (Å²) in [6.07, 6.45) is 13.3. The Hall–Kier alpha value is -2.96. The highest BCUT2D eigenvalue weighted by Gasteiger charge is 2.35. The Morgan fingerprint density at radius 2 is 1.67 bits per heavy atom. The Morgan fingerprint density at radius 1 is 0.949 bits per heavy atom. The summed E-state index contributed by atoms with van der Waals surface area (Å²) in [7, 11) is 0. The van der Waals surface area contributed by atoms with Crippen LogP contribution in [0.15, 0.2) is 30.3 Å². The van der Waals surface area contributed by atoms with Crippen LogP contribution in [0, 0.1) is 17.8 Å². The predicted octanol–water partition coefficient (Wildman–Crippen LogP) is 7.39. The molecule has 0 bridgehead atoms. The number of nitrogens with zero attached hydrogens (tertiary/aromatic N) is 4. The lowest BCUT2D eigenvalue weighted by atomic mass is 9.75. The van der Waals surface area contributed by atoms with Crippen LogP contribution in [0.1, 0.15) is 118 Å². The minimum absolute atomic E-state index is 0.170. The van der Waals surface area contributed by atoms with Crippen molar-refractivity contribution in [1.29, 1.82) is 0 Å². The number of nitrogens with one attached hydrogen (secondary N) is 1. The van der Waals surface area contributed by atoms with Gasteiger partial charge >= 0.3 is 5.97 Å². The van der Waals surface area contributed by atoms with Gasteiger partial charge in [-0.2, -0.15) is 0 Å². The normalized spacial score (nSPS) is 26.7. The van der Waals surface area contributed by atoms with Gasteiger partial charge in [0.05, 0.1) is 0 Å². The molecule has 2 N–H and O–H groups in total. The number of aromatic nitrogens is 4. The van der Waals surface area contributed by atoms with Gasteiger partial charge in [-0.1, -0.05) is 69.4 Å². The molecule has 39 heavy (non-hydrogen) atoms. The van der Waals surface area contributed by atoms with Gasteiger partial charge in [-0.25, -0.2) is 19.7 Å². The number of anilines is 1. The fourth-order valence-corrected chi connectivity index (χ4v) is 7.30. The Balaban J connectivity index is 1.47. The molecule has 0 radical (unpaired) electrons. The van der Waals surface area contributed by atoms with Crippen molar-refractivity contribution in [2.45, 2.75) is 109 Å². The molecule has 3 saturated carbocycles. The number of carbonyl (C=O) groups is 1. The zero-order valence-electron chi connectivity index (χ0n) is 23.5. The third kappa shape index (κ3) is 5.42. The van der Waals surface area contributed by atoms with Crippen molar-refractivity contribution in [3.05, 3.63) is 47.5 Å². The highest BCUT2D eigenvalue weighted by Crippen LogP contribution is 2.45. The average molecular weight is 530 g/mol. The van der Waals surface area contributed by atoms with Gasteiger partial charge in [0, 0.05) is 18.5 Å². The van der Waals surface area contributed by atoms with Gasteiger partial charge < -0.3 is 15.0 Å². The van der Waals surface area contributed by atoms with Crippen LogP contribution < -0.4 is 5.32 Å². The van der Waals surface area contributed by atoms with E-state index in [1.54, 1.807) is 0 Å².